The normalized spacial score (nSPS) is 22.6. The van der Waals surface area contributed by atoms with Crippen LogP contribution in [0.25, 0.3) is 0 Å². The zero-order valence-electron chi connectivity index (χ0n) is 32.3. The van der Waals surface area contributed by atoms with Gasteiger partial charge in [-0.05, 0) is 101 Å². The van der Waals surface area contributed by atoms with Gasteiger partial charge in [-0.2, -0.15) is 0 Å². The largest absolute Gasteiger partial charge is 0.511 e. The standard InChI is InChI=1S/C44H52N6O3/c1-9-30-24(3)33-21-38-41(28(7)53-22-29-12-10-23(2)11-13-29)26(5)35(48-38)19-34-25(4)31(14-15-40(52)46-17-16-45-8)43(49-34)32-18-39(51)42-27(6)36(50-44(32)42)20-37(30)47-33/h10-13,19-21,25,28,31,45,49,51H,9,14-18,22H2,1-8H3,(H,46,52)/t25?,28?,31-/m0/s1. The minimum Gasteiger partial charge on any atom is -0.511 e. The molecule has 1 saturated heterocycles. The van der Waals surface area contributed by atoms with Crippen molar-refractivity contribution in [3.63, 3.8) is 0 Å². The second-order valence-electron chi connectivity index (χ2n) is 15.0. The summed E-state index contributed by atoms with van der Waals surface area (Å²) in [4.78, 5) is 28.6. The maximum Gasteiger partial charge on any atom is 0.220 e. The third kappa shape index (κ3) is 6.88. The number of benzene rings is 1. The number of hydrogen-bond acceptors (Lipinski definition) is 8. The topological polar surface area (TPSA) is 120 Å². The van der Waals surface area contributed by atoms with E-state index in [1.165, 1.54) is 11.1 Å². The van der Waals surface area contributed by atoms with Crippen molar-refractivity contribution in [3.05, 3.63) is 127 Å². The van der Waals surface area contributed by atoms with Crippen LogP contribution in [0.3, 0.4) is 0 Å². The molecule has 3 atom stereocenters. The van der Waals surface area contributed by atoms with Crippen LogP contribution < -0.4 is 16.0 Å². The van der Waals surface area contributed by atoms with Gasteiger partial charge in [-0.25, -0.2) is 15.0 Å². The van der Waals surface area contributed by atoms with Crippen molar-refractivity contribution in [2.45, 2.75) is 86.9 Å². The van der Waals surface area contributed by atoms with Crippen LogP contribution in [-0.2, 0) is 16.1 Å². The van der Waals surface area contributed by atoms with E-state index in [1.807, 2.05) is 14.0 Å². The fourth-order valence-corrected chi connectivity index (χ4v) is 8.33. The van der Waals surface area contributed by atoms with Crippen LogP contribution >= 0.6 is 0 Å². The lowest BCUT2D eigenvalue weighted by Crippen LogP contribution is -2.30. The van der Waals surface area contributed by atoms with Crippen LogP contribution in [0.4, 0.5) is 0 Å². The fraction of sp³-hybridized carbons (Fsp3) is 0.409. The molecule has 1 aromatic rings. The van der Waals surface area contributed by atoms with Crippen LogP contribution in [0.15, 0.2) is 131 Å². The van der Waals surface area contributed by atoms with Gasteiger partial charge >= 0.3 is 0 Å². The van der Waals surface area contributed by atoms with Gasteiger partial charge in [0.15, 0.2) is 0 Å². The number of aliphatic hydroxyl groups excluding tert-OH is 1. The zero-order chi connectivity index (χ0) is 37.6. The first kappa shape index (κ1) is 36.5. The lowest BCUT2D eigenvalue weighted by atomic mass is 9.86. The van der Waals surface area contributed by atoms with Crippen molar-refractivity contribution in [3.8, 4) is 0 Å². The summed E-state index contributed by atoms with van der Waals surface area (Å²) in [5, 5.41) is 21.3. The highest BCUT2D eigenvalue weighted by Gasteiger charge is 2.41. The Labute approximate surface area is 313 Å². The maximum atomic E-state index is 12.9. The highest BCUT2D eigenvalue weighted by atomic mass is 16.5. The maximum absolute atomic E-state index is 12.9. The van der Waals surface area contributed by atoms with Gasteiger partial charge in [0, 0.05) is 65.9 Å². The number of carbonyl (C=O) groups excluding carboxylic acids is 1. The minimum absolute atomic E-state index is 0.0240. The number of aliphatic imine (C=N–C) groups is 3. The number of nitrogens with one attached hydrogen (secondary N) is 3. The van der Waals surface area contributed by atoms with E-state index in [0.29, 0.717) is 38.2 Å². The summed E-state index contributed by atoms with van der Waals surface area (Å²) in [6.45, 7) is 16.7. The van der Waals surface area contributed by atoms with Gasteiger partial charge in [0.1, 0.15) is 5.76 Å². The Hall–Kier alpha value is -4.86. The Bertz CT molecular complexity index is 2110. The quantitative estimate of drug-likeness (QED) is 0.176. The van der Waals surface area contributed by atoms with E-state index in [1.54, 1.807) is 0 Å². The fourth-order valence-electron chi connectivity index (χ4n) is 8.33. The first-order valence-corrected chi connectivity index (χ1v) is 19.0. The van der Waals surface area contributed by atoms with Crippen LogP contribution in [0, 0.1) is 18.8 Å². The molecule has 6 aliphatic rings. The van der Waals surface area contributed by atoms with Crippen molar-refractivity contribution < 1.29 is 14.6 Å². The molecule has 1 fully saturated rings. The predicted molar refractivity (Wildman–Crippen MR) is 214 cm³/mol. The molecule has 8 bridgehead atoms. The number of aryl methyl sites for hydroxylation is 1. The first-order chi connectivity index (χ1) is 25.5. The summed E-state index contributed by atoms with van der Waals surface area (Å²) in [6, 6.07) is 8.47. The van der Waals surface area contributed by atoms with E-state index in [0.717, 1.165) is 97.6 Å². The molecule has 53 heavy (non-hydrogen) atoms. The molecule has 9 heteroatoms. The molecule has 9 nitrogen and oxygen atoms in total. The van der Waals surface area contributed by atoms with Gasteiger partial charge in [0.05, 0.1) is 46.9 Å². The van der Waals surface area contributed by atoms with Crippen molar-refractivity contribution >= 4 is 23.0 Å². The highest BCUT2D eigenvalue weighted by molar-refractivity contribution is 6.21. The van der Waals surface area contributed by atoms with E-state index in [-0.39, 0.29) is 23.8 Å². The second kappa shape index (κ2) is 14.9. The Morgan fingerprint density at radius 2 is 1.72 bits per heavy atom. The smallest absolute Gasteiger partial charge is 0.220 e. The van der Waals surface area contributed by atoms with E-state index >= 15 is 0 Å². The molecule has 0 radical (unpaired) electrons. The SMILES string of the molecule is CCC1=C(C)C2=NC1=CC1=C(C)C3=C(O)CC(=C4NC(=CC5=NC(=C2)C(C(C)OCc2ccc(C)cc2)=C5C)C(C)[C@@H]4CCC(=O)NCCNC)C3=N1. The summed E-state index contributed by atoms with van der Waals surface area (Å²) < 4.78 is 6.55. The number of allylic oxidation sites excluding steroid dienone is 11. The predicted octanol–water partition coefficient (Wildman–Crippen LogP) is 7.69. The van der Waals surface area contributed by atoms with Crippen molar-refractivity contribution in [2.75, 3.05) is 20.1 Å². The van der Waals surface area contributed by atoms with Gasteiger partial charge in [-0.15, -0.1) is 0 Å². The van der Waals surface area contributed by atoms with Crippen LogP contribution in [0.5, 0.6) is 0 Å². The summed E-state index contributed by atoms with van der Waals surface area (Å²) in [7, 11) is 1.88. The number of aliphatic hydroxyl groups is 1. The molecule has 1 amide bonds. The Morgan fingerprint density at radius 1 is 0.981 bits per heavy atom. The Morgan fingerprint density at radius 3 is 2.45 bits per heavy atom. The number of carbonyl (C=O) groups is 1. The Kier molecular flexibility index (Phi) is 10.2. The summed E-state index contributed by atoms with van der Waals surface area (Å²) >= 11 is 0. The molecular formula is C44H52N6O3. The molecule has 276 valence electrons. The molecule has 7 rings (SSSR count). The number of likely N-dealkylation sites (N-methyl/N-ethyl adjacent to an activating group) is 1. The third-order valence-corrected chi connectivity index (χ3v) is 11.5. The molecule has 1 aromatic carbocycles. The number of rotatable bonds is 11. The molecule has 0 spiro atoms. The molecular weight excluding hydrogens is 661 g/mol. The van der Waals surface area contributed by atoms with Crippen molar-refractivity contribution in [1.82, 2.24) is 16.0 Å². The first-order valence-electron chi connectivity index (χ1n) is 19.0. The molecule has 5 aliphatic heterocycles. The van der Waals surface area contributed by atoms with Gasteiger partial charge in [0.2, 0.25) is 5.91 Å². The van der Waals surface area contributed by atoms with Gasteiger partial charge in [0.25, 0.3) is 0 Å². The molecule has 0 aromatic heterocycles. The monoisotopic (exact) mass is 712 g/mol. The lowest BCUT2D eigenvalue weighted by Gasteiger charge is -2.18. The zero-order valence-corrected chi connectivity index (χ0v) is 32.3. The molecule has 1 aliphatic carbocycles. The average molecular weight is 713 g/mol. The molecule has 4 N–H and O–H groups in total. The minimum atomic E-state index is -0.221. The number of hydrogen-bond donors (Lipinski definition) is 4. The number of fused-ring (bicyclic) bond motifs is 5. The summed E-state index contributed by atoms with van der Waals surface area (Å²) in [5.41, 5.74) is 16.7. The highest BCUT2D eigenvalue weighted by Crippen LogP contribution is 2.46. The van der Waals surface area contributed by atoms with Crippen LogP contribution in [-0.4, -0.2) is 54.4 Å². The van der Waals surface area contributed by atoms with Crippen molar-refractivity contribution in [1.29, 1.82) is 0 Å². The number of ether oxygens (including phenoxy) is 1. The lowest BCUT2D eigenvalue weighted by molar-refractivity contribution is -0.121. The molecule has 2 unspecified atom stereocenters. The summed E-state index contributed by atoms with van der Waals surface area (Å²) in [5.74, 6) is 0.468. The van der Waals surface area contributed by atoms with Gasteiger partial charge in [-0.1, -0.05) is 43.7 Å². The Balaban J connectivity index is 1.34. The van der Waals surface area contributed by atoms with E-state index in [9.17, 15) is 9.90 Å². The van der Waals surface area contributed by atoms with Gasteiger partial charge in [-0.3, -0.25) is 4.79 Å². The van der Waals surface area contributed by atoms with E-state index < -0.39 is 0 Å². The molecule has 5 heterocycles. The number of amides is 1. The second-order valence-corrected chi connectivity index (χ2v) is 15.0. The summed E-state index contributed by atoms with van der Waals surface area (Å²) in [6.07, 6.45) is 8.42. The average Bonchev–Trinajstić information content (AvgIpc) is 3.89. The van der Waals surface area contributed by atoms with Crippen molar-refractivity contribution in [2.24, 2.45) is 26.8 Å². The van der Waals surface area contributed by atoms with E-state index in [2.05, 4.69) is 100.0 Å². The van der Waals surface area contributed by atoms with Crippen LogP contribution in [0.1, 0.15) is 78.4 Å². The van der Waals surface area contributed by atoms with Gasteiger partial charge < -0.3 is 25.8 Å². The van der Waals surface area contributed by atoms with E-state index in [4.69, 9.17) is 19.7 Å². The molecule has 0 saturated carbocycles. The number of nitrogens with zero attached hydrogens (tertiary/aromatic N) is 3. The third-order valence-electron chi connectivity index (χ3n) is 11.5. The van der Waals surface area contributed by atoms with Crippen LogP contribution in [0.2, 0.25) is 0 Å².